The monoisotopic (exact) mass is 284 g/mol. The van der Waals surface area contributed by atoms with E-state index in [1.165, 1.54) is 11.3 Å². The molecule has 0 unspecified atom stereocenters. The van der Waals surface area contributed by atoms with Gasteiger partial charge < -0.3 is 10.7 Å². The molecule has 0 aliphatic heterocycles. The molecule has 0 radical (unpaired) electrons. The van der Waals surface area contributed by atoms with Crippen LogP contribution in [0.1, 0.15) is 5.56 Å². The minimum Gasteiger partial charge on any atom is -0.383 e. The van der Waals surface area contributed by atoms with Gasteiger partial charge in [-0.05, 0) is 11.6 Å². The standard InChI is InChI=1S/C13H12N6S/c14-12-7-20-13(18-12)19-17-5-9-2-1-3-10(4-9)11-6-15-8-16-11/h1-8H,14H2,(H,15,16)(H,18,19). The first-order chi connectivity index (χ1) is 9.81. The number of aromatic amines is 1. The Kier molecular flexibility index (Phi) is 3.42. The molecule has 7 heteroatoms. The van der Waals surface area contributed by atoms with E-state index in [0.717, 1.165) is 16.8 Å². The molecule has 3 aromatic rings. The summed E-state index contributed by atoms with van der Waals surface area (Å²) in [5, 5.41) is 6.57. The molecule has 20 heavy (non-hydrogen) atoms. The number of nitrogen functional groups attached to an aromatic ring is 1. The number of nitrogens with one attached hydrogen (secondary N) is 2. The fraction of sp³-hybridized carbons (Fsp3) is 0. The van der Waals surface area contributed by atoms with Gasteiger partial charge in [-0.15, -0.1) is 11.3 Å². The van der Waals surface area contributed by atoms with Crippen LogP contribution in [0.4, 0.5) is 10.9 Å². The zero-order valence-corrected chi connectivity index (χ0v) is 11.3. The summed E-state index contributed by atoms with van der Waals surface area (Å²) < 4.78 is 0. The van der Waals surface area contributed by atoms with Crippen molar-refractivity contribution < 1.29 is 0 Å². The molecule has 6 nitrogen and oxygen atoms in total. The van der Waals surface area contributed by atoms with Gasteiger partial charge in [0, 0.05) is 10.9 Å². The van der Waals surface area contributed by atoms with Crippen molar-refractivity contribution in [2.75, 3.05) is 11.2 Å². The smallest absolute Gasteiger partial charge is 0.205 e. The number of aromatic nitrogens is 3. The molecule has 0 bridgehead atoms. The summed E-state index contributed by atoms with van der Waals surface area (Å²) in [4.78, 5) is 11.1. The van der Waals surface area contributed by atoms with Crippen LogP contribution in [0.2, 0.25) is 0 Å². The second-order valence-corrected chi connectivity index (χ2v) is 4.90. The van der Waals surface area contributed by atoms with E-state index in [-0.39, 0.29) is 0 Å². The third-order valence-corrected chi connectivity index (χ3v) is 3.36. The molecule has 4 N–H and O–H groups in total. The maximum absolute atomic E-state index is 5.53. The van der Waals surface area contributed by atoms with Crippen molar-refractivity contribution in [3.63, 3.8) is 0 Å². The third kappa shape index (κ3) is 2.83. The van der Waals surface area contributed by atoms with E-state index < -0.39 is 0 Å². The van der Waals surface area contributed by atoms with Crippen molar-refractivity contribution in [3.05, 3.63) is 47.7 Å². The molecule has 0 amide bonds. The first kappa shape index (κ1) is 12.4. The summed E-state index contributed by atoms with van der Waals surface area (Å²) in [6, 6.07) is 7.98. The van der Waals surface area contributed by atoms with Crippen molar-refractivity contribution in [2.24, 2.45) is 5.10 Å². The highest BCUT2D eigenvalue weighted by atomic mass is 32.1. The van der Waals surface area contributed by atoms with Gasteiger partial charge in [-0.25, -0.2) is 9.97 Å². The predicted octanol–water partition coefficient (Wildman–Crippen LogP) is 2.56. The molecule has 0 atom stereocenters. The van der Waals surface area contributed by atoms with E-state index >= 15 is 0 Å². The normalized spacial score (nSPS) is 11.0. The van der Waals surface area contributed by atoms with Crippen molar-refractivity contribution >= 4 is 28.5 Å². The first-order valence-electron chi connectivity index (χ1n) is 5.90. The SMILES string of the molecule is Nc1csc(NN=Cc2cccc(-c3cnc[nH]3)c2)n1. The highest BCUT2D eigenvalue weighted by molar-refractivity contribution is 7.14. The fourth-order valence-electron chi connectivity index (χ4n) is 1.70. The second-order valence-electron chi connectivity index (χ2n) is 4.04. The van der Waals surface area contributed by atoms with Gasteiger partial charge in [0.1, 0.15) is 5.82 Å². The van der Waals surface area contributed by atoms with Gasteiger partial charge in [0.25, 0.3) is 0 Å². The van der Waals surface area contributed by atoms with Gasteiger partial charge in [0.05, 0.1) is 24.4 Å². The van der Waals surface area contributed by atoms with Crippen LogP contribution >= 0.6 is 11.3 Å². The zero-order valence-electron chi connectivity index (χ0n) is 10.4. The molecule has 0 aliphatic carbocycles. The van der Waals surface area contributed by atoms with Crippen LogP contribution in [0, 0.1) is 0 Å². The topological polar surface area (TPSA) is 92.0 Å². The number of hydrazone groups is 1. The number of imidazole rings is 1. The second kappa shape index (κ2) is 5.54. The number of thiazole rings is 1. The number of nitrogens with zero attached hydrogens (tertiary/aromatic N) is 3. The fourth-order valence-corrected chi connectivity index (χ4v) is 2.25. The maximum atomic E-state index is 5.53. The summed E-state index contributed by atoms with van der Waals surface area (Å²) >= 11 is 1.41. The molecular weight excluding hydrogens is 272 g/mol. The minimum atomic E-state index is 0.494. The van der Waals surface area contributed by atoms with Gasteiger partial charge in [-0.2, -0.15) is 5.10 Å². The van der Waals surface area contributed by atoms with E-state index in [0.29, 0.717) is 10.9 Å². The molecular formula is C13H12N6S. The maximum Gasteiger partial charge on any atom is 0.205 e. The molecule has 0 fully saturated rings. The lowest BCUT2D eigenvalue weighted by molar-refractivity contribution is 1.29. The van der Waals surface area contributed by atoms with Crippen LogP contribution in [0.25, 0.3) is 11.3 Å². The molecule has 0 spiro atoms. The Hall–Kier alpha value is -2.67. The highest BCUT2D eigenvalue weighted by Crippen LogP contribution is 2.17. The largest absolute Gasteiger partial charge is 0.383 e. The lowest BCUT2D eigenvalue weighted by Crippen LogP contribution is -1.91. The first-order valence-corrected chi connectivity index (χ1v) is 6.78. The molecule has 100 valence electrons. The van der Waals surface area contributed by atoms with Gasteiger partial charge in [-0.1, -0.05) is 18.2 Å². The lowest BCUT2D eigenvalue weighted by atomic mass is 10.1. The zero-order chi connectivity index (χ0) is 13.8. The molecule has 0 saturated heterocycles. The summed E-state index contributed by atoms with van der Waals surface area (Å²) in [5.74, 6) is 0.494. The number of hydrogen-bond acceptors (Lipinski definition) is 6. The number of hydrogen-bond donors (Lipinski definition) is 3. The number of H-pyrrole nitrogens is 1. The van der Waals surface area contributed by atoms with E-state index in [9.17, 15) is 0 Å². The highest BCUT2D eigenvalue weighted by Gasteiger charge is 1.99. The Bertz CT molecular complexity index is 716. The van der Waals surface area contributed by atoms with Crippen molar-refractivity contribution in [3.8, 4) is 11.3 Å². The lowest BCUT2D eigenvalue weighted by Gasteiger charge is -1.99. The van der Waals surface area contributed by atoms with Gasteiger partial charge >= 0.3 is 0 Å². The van der Waals surface area contributed by atoms with E-state index in [2.05, 4.69) is 25.5 Å². The molecule has 0 saturated carbocycles. The molecule has 2 heterocycles. The van der Waals surface area contributed by atoms with Crippen LogP contribution in [-0.4, -0.2) is 21.2 Å². The Morgan fingerprint density at radius 2 is 2.35 bits per heavy atom. The van der Waals surface area contributed by atoms with E-state index in [4.69, 9.17) is 5.73 Å². The molecule has 2 aromatic heterocycles. The number of nitrogens with two attached hydrogens (primary N) is 1. The average Bonchev–Trinajstić information content (AvgIpc) is 3.11. The Labute approximate surface area is 119 Å². The minimum absolute atomic E-state index is 0.494. The average molecular weight is 284 g/mol. The van der Waals surface area contributed by atoms with Crippen LogP contribution in [0.15, 0.2) is 47.3 Å². The molecule has 1 aromatic carbocycles. The van der Waals surface area contributed by atoms with Crippen LogP contribution in [0.3, 0.4) is 0 Å². The Balaban J connectivity index is 1.73. The van der Waals surface area contributed by atoms with Crippen molar-refractivity contribution in [1.82, 2.24) is 15.0 Å². The number of rotatable bonds is 4. The Morgan fingerprint density at radius 3 is 3.10 bits per heavy atom. The van der Waals surface area contributed by atoms with Crippen LogP contribution in [0.5, 0.6) is 0 Å². The Morgan fingerprint density at radius 1 is 1.40 bits per heavy atom. The number of anilines is 2. The summed E-state index contributed by atoms with van der Waals surface area (Å²) in [6.45, 7) is 0. The van der Waals surface area contributed by atoms with Crippen LogP contribution < -0.4 is 11.2 Å². The van der Waals surface area contributed by atoms with E-state index in [1.807, 2.05) is 24.3 Å². The van der Waals surface area contributed by atoms with Gasteiger partial charge in [0.15, 0.2) is 0 Å². The van der Waals surface area contributed by atoms with Gasteiger partial charge in [0.2, 0.25) is 5.13 Å². The van der Waals surface area contributed by atoms with Crippen molar-refractivity contribution in [2.45, 2.75) is 0 Å². The molecule has 0 aliphatic rings. The number of benzene rings is 1. The third-order valence-electron chi connectivity index (χ3n) is 2.59. The molecule has 3 rings (SSSR count). The van der Waals surface area contributed by atoms with E-state index in [1.54, 1.807) is 24.1 Å². The summed E-state index contributed by atoms with van der Waals surface area (Å²) in [6.07, 6.45) is 5.18. The van der Waals surface area contributed by atoms with Crippen LogP contribution in [-0.2, 0) is 0 Å². The summed E-state index contributed by atoms with van der Waals surface area (Å²) in [5.41, 5.74) is 11.4. The van der Waals surface area contributed by atoms with Crippen molar-refractivity contribution in [1.29, 1.82) is 0 Å². The predicted molar refractivity (Wildman–Crippen MR) is 81.8 cm³/mol. The quantitative estimate of drug-likeness (QED) is 0.507. The van der Waals surface area contributed by atoms with Gasteiger partial charge in [-0.3, -0.25) is 5.43 Å². The summed E-state index contributed by atoms with van der Waals surface area (Å²) in [7, 11) is 0.